The van der Waals surface area contributed by atoms with Crippen molar-refractivity contribution >= 4 is 0 Å². The van der Waals surface area contributed by atoms with Gasteiger partial charge in [-0.1, -0.05) is 48.3 Å². The Balaban J connectivity index is 1.58. The minimum Gasteiger partial charge on any atom is -0.393 e. The zero-order valence-electron chi connectivity index (χ0n) is 19.0. The van der Waals surface area contributed by atoms with Crippen molar-refractivity contribution in [2.24, 2.45) is 28.6 Å². The molecule has 0 aliphatic heterocycles. The molecule has 156 valence electrons. The van der Waals surface area contributed by atoms with E-state index in [-0.39, 0.29) is 6.10 Å². The maximum Gasteiger partial charge on any atom is 0.0577 e. The Hall–Kier alpha value is -0.820. The van der Waals surface area contributed by atoms with Gasteiger partial charge in [-0.3, -0.25) is 0 Å². The van der Waals surface area contributed by atoms with Gasteiger partial charge in [-0.05, 0) is 114 Å². The van der Waals surface area contributed by atoms with Crippen LogP contribution in [-0.2, 0) is 0 Å². The molecule has 0 aromatic heterocycles. The lowest BCUT2D eigenvalue weighted by atomic mass is 9.47. The number of hydrogen-bond donors (Lipinski definition) is 1. The Morgan fingerprint density at radius 1 is 1.07 bits per heavy atom. The molecule has 3 fully saturated rings. The molecular weight excluding hydrogens is 340 g/mol. The third kappa shape index (κ3) is 3.26. The topological polar surface area (TPSA) is 20.2 Å². The van der Waals surface area contributed by atoms with Crippen LogP contribution in [0, 0.1) is 28.6 Å². The van der Waals surface area contributed by atoms with Crippen molar-refractivity contribution in [2.75, 3.05) is 0 Å². The largest absolute Gasteiger partial charge is 0.393 e. The van der Waals surface area contributed by atoms with Crippen LogP contribution in [0.15, 0.2) is 34.4 Å². The fraction of sp³-hybridized carbons (Fsp3) is 0.778. The zero-order chi connectivity index (χ0) is 20.1. The Morgan fingerprint density at radius 2 is 1.79 bits per heavy atom. The monoisotopic (exact) mass is 382 g/mol. The molecule has 28 heavy (non-hydrogen) atoms. The van der Waals surface area contributed by atoms with Crippen LogP contribution in [0.5, 0.6) is 0 Å². The highest BCUT2D eigenvalue weighted by atomic mass is 16.3. The predicted octanol–water partition coefficient (Wildman–Crippen LogP) is 7.37. The van der Waals surface area contributed by atoms with Gasteiger partial charge in [0.15, 0.2) is 0 Å². The lowest BCUT2D eigenvalue weighted by molar-refractivity contribution is -0.0270. The van der Waals surface area contributed by atoms with E-state index in [2.05, 4.69) is 46.8 Å². The molecule has 1 heteroatoms. The third-order valence-electron chi connectivity index (χ3n) is 9.45. The second-order valence-electron chi connectivity index (χ2n) is 11.2. The van der Waals surface area contributed by atoms with E-state index in [1.54, 1.807) is 11.1 Å². The second-order valence-corrected chi connectivity index (χ2v) is 11.2. The van der Waals surface area contributed by atoms with Gasteiger partial charge in [-0.25, -0.2) is 0 Å². The average Bonchev–Trinajstić information content (AvgIpc) is 2.99. The van der Waals surface area contributed by atoms with Crippen molar-refractivity contribution in [1.82, 2.24) is 0 Å². The lowest BCUT2D eigenvalue weighted by Gasteiger charge is -2.57. The molecule has 0 aromatic carbocycles. The van der Waals surface area contributed by atoms with E-state index in [1.165, 1.54) is 56.9 Å². The first-order valence-electron chi connectivity index (χ1n) is 12.0. The van der Waals surface area contributed by atoms with E-state index in [1.807, 2.05) is 5.57 Å². The van der Waals surface area contributed by atoms with Crippen LogP contribution >= 0.6 is 0 Å². The summed E-state index contributed by atoms with van der Waals surface area (Å²) >= 11 is 0. The van der Waals surface area contributed by atoms with Crippen LogP contribution in [0.4, 0.5) is 0 Å². The standard InChI is InChI=1S/C27H42O/c1-18(2)7-6-8-19(3)23-11-12-24-22-10-9-20-17-21(28)13-15-26(20,4)25(22)14-16-27(23,24)5/h7,9,21-22,24-25,28H,6,8,10-17H2,1-5H3/b23-19+. The molecule has 0 radical (unpaired) electrons. The van der Waals surface area contributed by atoms with E-state index in [9.17, 15) is 5.11 Å². The summed E-state index contributed by atoms with van der Waals surface area (Å²) in [7, 11) is 0. The van der Waals surface area contributed by atoms with E-state index in [4.69, 9.17) is 0 Å². The molecule has 6 unspecified atom stereocenters. The first-order valence-corrected chi connectivity index (χ1v) is 12.0. The van der Waals surface area contributed by atoms with Crippen LogP contribution in [0.3, 0.4) is 0 Å². The predicted molar refractivity (Wildman–Crippen MR) is 119 cm³/mol. The van der Waals surface area contributed by atoms with Crippen LogP contribution in [0.25, 0.3) is 0 Å². The third-order valence-corrected chi connectivity index (χ3v) is 9.45. The quantitative estimate of drug-likeness (QED) is 0.505. The van der Waals surface area contributed by atoms with Crippen molar-refractivity contribution in [2.45, 2.75) is 105 Å². The fourth-order valence-corrected chi connectivity index (χ4v) is 7.88. The summed E-state index contributed by atoms with van der Waals surface area (Å²) < 4.78 is 0. The number of fused-ring (bicyclic) bond motifs is 5. The summed E-state index contributed by atoms with van der Waals surface area (Å²) in [5.41, 5.74) is 7.39. The first-order chi connectivity index (χ1) is 13.3. The maximum absolute atomic E-state index is 10.2. The number of allylic oxidation sites excluding steroid dienone is 5. The number of aliphatic hydroxyl groups is 1. The normalized spacial score (nSPS) is 44.1. The fourth-order valence-electron chi connectivity index (χ4n) is 7.88. The van der Waals surface area contributed by atoms with Gasteiger partial charge in [0.05, 0.1) is 6.10 Å². The SMILES string of the molecule is CC(C)=CCC/C(C)=C1\CCC2C3CC=C4CC(O)CCC4(C)C3CCC12C. The molecule has 4 rings (SSSR count). The molecule has 1 N–H and O–H groups in total. The molecule has 1 nitrogen and oxygen atoms in total. The Labute approximate surface area is 173 Å². The molecule has 0 aromatic rings. The van der Waals surface area contributed by atoms with E-state index in [0.717, 1.165) is 30.6 Å². The van der Waals surface area contributed by atoms with Gasteiger partial charge in [0, 0.05) is 0 Å². The highest BCUT2D eigenvalue weighted by molar-refractivity contribution is 5.31. The number of rotatable bonds is 3. The molecule has 4 aliphatic rings. The van der Waals surface area contributed by atoms with Gasteiger partial charge in [-0.2, -0.15) is 0 Å². The maximum atomic E-state index is 10.2. The molecule has 4 aliphatic carbocycles. The van der Waals surface area contributed by atoms with Gasteiger partial charge in [0.2, 0.25) is 0 Å². The summed E-state index contributed by atoms with van der Waals surface area (Å²) in [6.07, 6.45) is 17.3. The summed E-state index contributed by atoms with van der Waals surface area (Å²) in [6, 6.07) is 0. The molecule has 0 heterocycles. The Morgan fingerprint density at radius 3 is 2.54 bits per heavy atom. The van der Waals surface area contributed by atoms with Crippen molar-refractivity contribution in [3.8, 4) is 0 Å². The van der Waals surface area contributed by atoms with E-state index >= 15 is 0 Å². The lowest BCUT2D eigenvalue weighted by Crippen LogP contribution is -2.49. The minimum atomic E-state index is -0.0887. The minimum absolute atomic E-state index is 0.0887. The van der Waals surface area contributed by atoms with Gasteiger partial charge in [0.1, 0.15) is 0 Å². The van der Waals surface area contributed by atoms with Crippen LogP contribution in [0.2, 0.25) is 0 Å². The van der Waals surface area contributed by atoms with Crippen molar-refractivity contribution in [3.05, 3.63) is 34.4 Å². The van der Waals surface area contributed by atoms with E-state index < -0.39 is 0 Å². The van der Waals surface area contributed by atoms with Gasteiger partial charge in [0.25, 0.3) is 0 Å². The highest BCUT2D eigenvalue weighted by Gasteiger charge is 2.57. The molecule has 0 spiro atoms. The van der Waals surface area contributed by atoms with E-state index in [0.29, 0.717) is 10.8 Å². The van der Waals surface area contributed by atoms with Gasteiger partial charge < -0.3 is 5.11 Å². The molecule has 0 saturated heterocycles. The molecule has 0 bridgehead atoms. The van der Waals surface area contributed by atoms with Gasteiger partial charge >= 0.3 is 0 Å². The van der Waals surface area contributed by atoms with Crippen molar-refractivity contribution < 1.29 is 5.11 Å². The average molecular weight is 383 g/mol. The second kappa shape index (κ2) is 7.46. The Kier molecular flexibility index (Phi) is 5.45. The zero-order valence-corrected chi connectivity index (χ0v) is 19.0. The summed E-state index contributed by atoms with van der Waals surface area (Å²) in [6.45, 7) is 12.0. The summed E-state index contributed by atoms with van der Waals surface area (Å²) in [5, 5.41) is 10.2. The Bertz CT molecular complexity index is 706. The van der Waals surface area contributed by atoms with Crippen molar-refractivity contribution in [3.63, 3.8) is 0 Å². The van der Waals surface area contributed by atoms with Crippen LogP contribution in [0.1, 0.15) is 98.8 Å². The van der Waals surface area contributed by atoms with Crippen LogP contribution < -0.4 is 0 Å². The molecule has 3 saturated carbocycles. The van der Waals surface area contributed by atoms with Crippen LogP contribution in [-0.4, -0.2) is 11.2 Å². The summed E-state index contributed by atoms with van der Waals surface area (Å²) in [5.74, 6) is 2.59. The van der Waals surface area contributed by atoms with Gasteiger partial charge in [-0.15, -0.1) is 0 Å². The molecular formula is C27H42O. The molecule has 0 amide bonds. The van der Waals surface area contributed by atoms with Crippen molar-refractivity contribution in [1.29, 1.82) is 0 Å². The number of hydrogen-bond acceptors (Lipinski definition) is 1. The first kappa shape index (κ1) is 20.5. The molecule has 6 atom stereocenters. The highest BCUT2D eigenvalue weighted by Crippen LogP contribution is 2.66. The number of aliphatic hydroxyl groups excluding tert-OH is 1. The summed E-state index contributed by atoms with van der Waals surface area (Å²) in [4.78, 5) is 0. The smallest absolute Gasteiger partial charge is 0.0577 e.